The summed E-state index contributed by atoms with van der Waals surface area (Å²) in [6, 6.07) is 5.03. The molecule has 0 aromatic heterocycles. The topological polar surface area (TPSA) is 41.5 Å². The van der Waals surface area contributed by atoms with Crippen molar-refractivity contribution in [2.24, 2.45) is 5.92 Å². The van der Waals surface area contributed by atoms with E-state index in [1.54, 1.807) is 12.1 Å². The van der Waals surface area contributed by atoms with E-state index in [-0.39, 0.29) is 23.7 Å². The van der Waals surface area contributed by atoms with Crippen LogP contribution < -0.4 is 10.1 Å². The molecule has 0 aliphatic heterocycles. The molecule has 106 valence electrons. The lowest BCUT2D eigenvalue weighted by Crippen LogP contribution is -2.29. The summed E-state index contributed by atoms with van der Waals surface area (Å²) in [7, 11) is 1.47. The van der Waals surface area contributed by atoms with Crippen molar-refractivity contribution in [1.29, 1.82) is 0 Å². The second-order valence-corrected chi connectivity index (χ2v) is 5.28. The molecule has 4 heteroatoms. The van der Waals surface area contributed by atoms with Gasteiger partial charge in [0.25, 0.3) is 0 Å². The van der Waals surface area contributed by atoms with Crippen LogP contribution in [0.5, 0.6) is 5.75 Å². The molecule has 0 amide bonds. The highest BCUT2D eigenvalue weighted by atomic mass is 19.1. The number of halogens is 1. The zero-order chi connectivity index (χ0) is 13.8. The Labute approximate surface area is 113 Å². The average molecular weight is 267 g/mol. The summed E-state index contributed by atoms with van der Waals surface area (Å²) in [6.07, 6.45) is 2.91. The maximum Gasteiger partial charge on any atom is 0.165 e. The van der Waals surface area contributed by atoms with Crippen LogP contribution in [0.4, 0.5) is 4.39 Å². The fourth-order valence-electron chi connectivity index (χ4n) is 2.65. The highest BCUT2D eigenvalue weighted by Crippen LogP contribution is 2.26. The van der Waals surface area contributed by atoms with Crippen molar-refractivity contribution >= 4 is 0 Å². The van der Waals surface area contributed by atoms with Crippen molar-refractivity contribution in [3.63, 3.8) is 0 Å². The molecule has 1 aliphatic carbocycles. The first-order valence-corrected chi connectivity index (χ1v) is 6.86. The van der Waals surface area contributed by atoms with Gasteiger partial charge in [0.05, 0.1) is 13.2 Å². The molecular formula is C15H22FNO2. The Hall–Kier alpha value is -1.13. The number of aliphatic hydroxyl groups excluding tert-OH is 1. The summed E-state index contributed by atoms with van der Waals surface area (Å²) < 4.78 is 18.3. The fourth-order valence-corrected chi connectivity index (χ4v) is 2.65. The molecule has 2 N–H and O–H groups in total. The highest BCUT2D eigenvalue weighted by molar-refractivity contribution is 5.31. The first-order valence-electron chi connectivity index (χ1n) is 6.86. The molecule has 0 heterocycles. The van der Waals surface area contributed by atoms with E-state index in [1.165, 1.54) is 13.2 Å². The van der Waals surface area contributed by atoms with Crippen LogP contribution in [-0.2, 0) is 0 Å². The molecule has 0 saturated heterocycles. The number of nitrogens with one attached hydrogen (secondary N) is 1. The molecule has 1 aromatic rings. The van der Waals surface area contributed by atoms with Crippen molar-refractivity contribution in [1.82, 2.24) is 5.32 Å². The van der Waals surface area contributed by atoms with Crippen LogP contribution in [0, 0.1) is 11.7 Å². The third kappa shape index (κ3) is 3.45. The predicted molar refractivity (Wildman–Crippen MR) is 72.7 cm³/mol. The smallest absolute Gasteiger partial charge is 0.165 e. The number of aliphatic hydroxyl groups is 1. The molecule has 1 fully saturated rings. The van der Waals surface area contributed by atoms with Crippen LogP contribution in [0.3, 0.4) is 0 Å². The molecule has 1 aliphatic rings. The monoisotopic (exact) mass is 267 g/mol. The van der Waals surface area contributed by atoms with Crippen LogP contribution in [0.1, 0.15) is 37.8 Å². The number of hydrogen-bond acceptors (Lipinski definition) is 3. The lowest BCUT2D eigenvalue weighted by atomic mass is 10.0. The molecule has 0 radical (unpaired) electrons. The van der Waals surface area contributed by atoms with Crippen LogP contribution >= 0.6 is 0 Å². The van der Waals surface area contributed by atoms with Gasteiger partial charge in [-0.1, -0.05) is 12.5 Å². The van der Waals surface area contributed by atoms with Gasteiger partial charge in [-0.05, 0) is 43.4 Å². The van der Waals surface area contributed by atoms with E-state index < -0.39 is 0 Å². The Morgan fingerprint density at radius 3 is 2.89 bits per heavy atom. The van der Waals surface area contributed by atoms with Gasteiger partial charge in [-0.2, -0.15) is 0 Å². The summed E-state index contributed by atoms with van der Waals surface area (Å²) >= 11 is 0. The van der Waals surface area contributed by atoms with Gasteiger partial charge in [-0.3, -0.25) is 0 Å². The molecular weight excluding hydrogens is 245 g/mol. The van der Waals surface area contributed by atoms with Crippen LogP contribution in [0.15, 0.2) is 18.2 Å². The molecule has 2 rings (SSSR count). The largest absolute Gasteiger partial charge is 0.494 e. The van der Waals surface area contributed by atoms with Gasteiger partial charge in [-0.15, -0.1) is 0 Å². The van der Waals surface area contributed by atoms with Gasteiger partial charge in [-0.25, -0.2) is 4.39 Å². The van der Waals surface area contributed by atoms with Crippen molar-refractivity contribution < 1.29 is 14.2 Å². The first kappa shape index (κ1) is 14.3. The minimum atomic E-state index is -0.343. The maximum atomic E-state index is 13.3. The van der Waals surface area contributed by atoms with E-state index >= 15 is 0 Å². The van der Waals surface area contributed by atoms with E-state index in [1.807, 2.05) is 6.92 Å². The number of ether oxygens (including phenoxy) is 1. The number of benzene rings is 1. The summed E-state index contributed by atoms with van der Waals surface area (Å²) in [5, 5.41) is 13.2. The van der Waals surface area contributed by atoms with E-state index in [4.69, 9.17) is 4.74 Å². The number of rotatable bonds is 5. The zero-order valence-electron chi connectivity index (χ0n) is 11.5. The number of hydrogen-bond donors (Lipinski definition) is 2. The molecule has 1 saturated carbocycles. The van der Waals surface area contributed by atoms with E-state index in [0.717, 1.165) is 31.4 Å². The Kier molecular flexibility index (Phi) is 4.77. The van der Waals surface area contributed by atoms with E-state index in [2.05, 4.69) is 5.32 Å². The minimum absolute atomic E-state index is 0.113. The lowest BCUT2D eigenvalue weighted by Gasteiger charge is -2.20. The predicted octanol–water partition coefficient (Wildman–Crippen LogP) is 2.65. The molecule has 0 unspecified atom stereocenters. The molecule has 3 atom stereocenters. The Bertz CT molecular complexity index is 425. The second kappa shape index (κ2) is 6.35. The highest BCUT2D eigenvalue weighted by Gasteiger charge is 2.25. The van der Waals surface area contributed by atoms with Crippen molar-refractivity contribution in [2.75, 3.05) is 13.7 Å². The fraction of sp³-hybridized carbons (Fsp3) is 0.600. The quantitative estimate of drug-likeness (QED) is 0.861. The first-order chi connectivity index (χ1) is 9.11. The number of methoxy groups -OCH3 is 1. The van der Waals surface area contributed by atoms with Gasteiger partial charge in [0.2, 0.25) is 0 Å². The van der Waals surface area contributed by atoms with E-state index in [0.29, 0.717) is 5.92 Å². The van der Waals surface area contributed by atoms with Gasteiger partial charge in [0.1, 0.15) is 0 Å². The summed E-state index contributed by atoms with van der Waals surface area (Å²) in [5.41, 5.74) is 0.991. The maximum absolute atomic E-state index is 13.3. The van der Waals surface area contributed by atoms with Gasteiger partial charge in [0, 0.05) is 12.6 Å². The lowest BCUT2D eigenvalue weighted by molar-refractivity contribution is 0.130. The average Bonchev–Trinajstić information content (AvgIpc) is 2.82. The van der Waals surface area contributed by atoms with E-state index in [9.17, 15) is 9.50 Å². The van der Waals surface area contributed by atoms with Gasteiger partial charge in [0.15, 0.2) is 11.6 Å². The van der Waals surface area contributed by atoms with Crippen molar-refractivity contribution in [3.8, 4) is 5.75 Å². The van der Waals surface area contributed by atoms with Crippen LogP contribution in [-0.4, -0.2) is 24.9 Å². The van der Waals surface area contributed by atoms with Gasteiger partial charge < -0.3 is 15.2 Å². The Morgan fingerprint density at radius 2 is 2.26 bits per heavy atom. The zero-order valence-corrected chi connectivity index (χ0v) is 11.5. The normalized spacial score (nSPS) is 24.4. The Morgan fingerprint density at radius 1 is 1.47 bits per heavy atom. The molecule has 1 aromatic carbocycles. The van der Waals surface area contributed by atoms with Crippen LogP contribution in [0.25, 0.3) is 0 Å². The van der Waals surface area contributed by atoms with Crippen molar-refractivity contribution in [2.45, 2.75) is 38.3 Å². The third-order valence-electron chi connectivity index (χ3n) is 3.98. The third-order valence-corrected chi connectivity index (χ3v) is 3.98. The molecule has 0 spiro atoms. The van der Waals surface area contributed by atoms with Gasteiger partial charge >= 0.3 is 0 Å². The molecule has 0 bridgehead atoms. The minimum Gasteiger partial charge on any atom is -0.494 e. The Balaban J connectivity index is 1.94. The summed E-state index contributed by atoms with van der Waals surface area (Å²) in [6.45, 7) is 2.83. The molecule has 19 heavy (non-hydrogen) atoms. The van der Waals surface area contributed by atoms with Crippen molar-refractivity contribution in [3.05, 3.63) is 29.6 Å². The summed E-state index contributed by atoms with van der Waals surface area (Å²) in [5.74, 6) is 0.265. The summed E-state index contributed by atoms with van der Waals surface area (Å²) in [4.78, 5) is 0. The van der Waals surface area contributed by atoms with Crippen LogP contribution in [0.2, 0.25) is 0 Å². The second-order valence-electron chi connectivity index (χ2n) is 5.28. The standard InChI is InChI=1S/C15H22FNO2/c1-10(17-9-12-4-3-5-14(12)18)11-6-7-13(16)15(8-11)19-2/h6-8,10,12,14,17-18H,3-5,9H2,1-2H3/t10-,12+,14-/m0/s1. The SMILES string of the molecule is COc1cc([C@H](C)NC[C@H]2CCC[C@@H]2O)ccc1F. The molecule has 3 nitrogen and oxygen atoms in total.